The molecule has 0 aliphatic rings. The molecule has 0 aliphatic carbocycles. The van der Waals surface area contributed by atoms with Crippen LogP contribution in [0.4, 0.5) is 0 Å². The van der Waals surface area contributed by atoms with Gasteiger partial charge in [0.1, 0.15) is 0 Å². The van der Waals surface area contributed by atoms with Crippen LogP contribution in [0.5, 0.6) is 0 Å². The number of likely N-dealkylation sites (N-methyl/N-ethyl adjacent to an activating group) is 1. The number of benzene rings is 2. The van der Waals surface area contributed by atoms with Crippen molar-refractivity contribution < 1.29 is 14.7 Å². The minimum atomic E-state index is -0.953. The Morgan fingerprint density at radius 2 is 1.61 bits per heavy atom. The van der Waals surface area contributed by atoms with Crippen LogP contribution in [-0.4, -0.2) is 35.5 Å². The van der Waals surface area contributed by atoms with E-state index >= 15 is 0 Å². The molecule has 0 spiro atoms. The van der Waals surface area contributed by atoms with Crippen LogP contribution >= 0.6 is 0 Å². The van der Waals surface area contributed by atoms with Crippen LogP contribution in [0.1, 0.15) is 27.9 Å². The highest BCUT2D eigenvalue weighted by molar-refractivity contribution is 5.89. The standard InChI is InChI=1S/C19H21NO3/c1-20(14-13-15-7-3-2-4-8-15)18(21)12-11-16-9-5-6-10-17(16)19(22)23/h2-10H,11-14H2,1H3,(H,22,23). The van der Waals surface area contributed by atoms with Crippen molar-refractivity contribution in [3.63, 3.8) is 0 Å². The van der Waals surface area contributed by atoms with Gasteiger partial charge in [0.2, 0.25) is 5.91 Å². The molecule has 0 aliphatic heterocycles. The second-order valence-corrected chi connectivity index (χ2v) is 5.51. The van der Waals surface area contributed by atoms with Crippen LogP contribution < -0.4 is 0 Å². The first-order valence-corrected chi connectivity index (χ1v) is 7.67. The molecule has 2 aromatic carbocycles. The molecular formula is C19H21NO3. The van der Waals surface area contributed by atoms with Crippen molar-refractivity contribution >= 4 is 11.9 Å². The van der Waals surface area contributed by atoms with Gasteiger partial charge in [0, 0.05) is 20.0 Å². The fraction of sp³-hybridized carbons (Fsp3) is 0.263. The molecule has 0 saturated carbocycles. The summed E-state index contributed by atoms with van der Waals surface area (Å²) in [6.45, 7) is 0.656. The van der Waals surface area contributed by atoms with E-state index in [0.29, 0.717) is 24.9 Å². The summed E-state index contributed by atoms with van der Waals surface area (Å²) in [5.41, 5.74) is 2.17. The molecule has 0 unspecified atom stereocenters. The van der Waals surface area contributed by atoms with Crippen LogP contribution in [0.3, 0.4) is 0 Å². The van der Waals surface area contributed by atoms with Gasteiger partial charge in [0.25, 0.3) is 0 Å². The van der Waals surface area contributed by atoms with Crippen LogP contribution in [0.15, 0.2) is 54.6 Å². The Bertz CT molecular complexity index is 667. The molecule has 0 atom stereocenters. The van der Waals surface area contributed by atoms with Gasteiger partial charge in [-0.2, -0.15) is 0 Å². The summed E-state index contributed by atoms with van der Waals surface area (Å²) in [4.78, 5) is 25.1. The van der Waals surface area contributed by atoms with Gasteiger partial charge in [-0.3, -0.25) is 4.79 Å². The van der Waals surface area contributed by atoms with E-state index in [9.17, 15) is 9.59 Å². The van der Waals surface area contributed by atoms with Crippen molar-refractivity contribution in [2.45, 2.75) is 19.3 Å². The fourth-order valence-corrected chi connectivity index (χ4v) is 2.45. The molecule has 4 heteroatoms. The van der Waals surface area contributed by atoms with Gasteiger partial charge >= 0.3 is 5.97 Å². The first-order valence-electron chi connectivity index (χ1n) is 7.67. The summed E-state index contributed by atoms with van der Waals surface area (Å²) in [5, 5.41) is 9.16. The smallest absolute Gasteiger partial charge is 0.335 e. The van der Waals surface area contributed by atoms with Crippen LogP contribution in [-0.2, 0) is 17.6 Å². The van der Waals surface area contributed by atoms with Gasteiger partial charge in [-0.25, -0.2) is 4.79 Å². The number of carbonyl (C=O) groups is 2. The van der Waals surface area contributed by atoms with Crippen LogP contribution in [0.2, 0.25) is 0 Å². The average molecular weight is 311 g/mol. The Balaban J connectivity index is 1.86. The van der Waals surface area contributed by atoms with E-state index < -0.39 is 5.97 Å². The molecule has 23 heavy (non-hydrogen) atoms. The van der Waals surface area contributed by atoms with E-state index in [2.05, 4.69) is 0 Å². The molecule has 2 aromatic rings. The maximum absolute atomic E-state index is 12.2. The number of carboxylic acids is 1. The summed E-state index contributed by atoms with van der Waals surface area (Å²) in [6.07, 6.45) is 1.57. The maximum atomic E-state index is 12.2. The first-order chi connectivity index (χ1) is 11.1. The zero-order valence-electron chi connectivity index (χ0n) is 13.2. The number of amides is 1. The maximum Gasteiger partial charge on any atom is 0.335 e. The highest BCUT2D eigenvalue weighted by atomic mass is 16.4. The molecule has 0 saturated heterocycles. The van der Waals surface area contributed by atoms with Crippen molar-refractivity contribution in [2.24, 2.45) is 0 Å². The zero-order chi connectivity index (χ0) is 16.7. The van der Waals surface area contributed by atoms with E-state index in [1.54, 1.807) is 36.2 Å². The van der Waals surface area contributed by atoms with Crippen molar-refractivity contribution in [1.29, 1.82) is 0 Å². The third kappa shape index (κ3) is 4.95. The quantitative estimate of drug-likeness (QED) is 0.855. The minimum absolute atomic E-state index is 0.0288. The summed E-state index contributed by atoms with van der Waals surface area (Å²) in [7, 11) is 1.79. The Morgan fingerprint density at radius 3 is 2.30 bits per heavy atom. The predicted molar refractivity (Wildman–Crippen MR) is 89.5 cm³/mol. The fourth-order valence-electron chi connectivity index (χ4n) is 2.45. The summed E-state index contributed by atoms with van der Waals surface area (Å²) < 4.78 is 0. The zero-order valence-corrected chi connectivity index (χ0v) is 13.2. The number of carboxylic acid groups (broad SMARTS) is 1. The van der Waals surface area contributed by atoms with Crippen LogP contribution in [0, 0.1) is 0 Å². The first kappa shape index (κ1) is 16.7. The van der Waals surface area contributed by atoms with Gasteiger partial charge in [0.15, 0.2) is 0 Å². The van der Waals surface area contributed by atoms with Crippen molar-refractivity contribution in [3.8, 4) is 0 Å². The molecule has 2 rings (SSSR count). The third-order valence-electron chi connectivity index (χ3n) is 3.86. The summed E-state index contributed by atoms with van der Waals surface area (Å²) >= 11 is 0. The molecule has 0 fully saturated rings. The molecule has 0 aromatic heterocycles. The lowest BCUT2D eigenvalue weighted by molar-refractivity contribution is -0.129. The molecular weight excluding hydrogens is 290 g/mol. The molecule has 0 heterocycles. The topological polar surface area (TPSA) is 57.6 Å². The molecule has 1 amide bonds. The van der Waals surface area contributed by atoms with Gasteiger partial charge in [-0.1, -0.05) is 48.5 Å². The highest BCUT2D eigenvalue weighted by Crippen LogP contribution is 2.12. The lowest BCUT2D eigenvalue weighted by atomic mass is 10.0. The van der Waals surface area contributed by atoms with Crippen molar-refractivity contribution in [3.05, 3.63) is 71.3 Å². The van der Waals surface area contributed by atoms with E-state index in [4.69, 9.17) is 5.11 Å². The van der Waals surface area contributed by atoms with E-state index in [0.717, 1.165) is 6.42 Å². The van der Waals surface area contributed by atoms with E-state index in [1.165, 1.54) is 5.56 Å². The van der Waals surface area contributed by atoms with Gasteiger partial charge in [-0.05, 0) is 30.0 Å². The largest absolute Gasteiger partial charge is 0.478 e. The number of hydrogen-bond donors (Lipinski definition) is 1. The Kier molecular flexibility index (Phi) is 5.92. The second kappa shape index (κ2) is 8.13. The lowest BCUT2D eigenvalue weighted by Crippen LogP contribution is -2.29. The number of carbonyl (C=O) groups excluding carboxylic acids is 1. The molecule has 0 bridgehead atoms. The average Bonchev–Trinajstić information content (AvgIpc) is 2.58. The van der Waals surface area contributed by atoms with Crippen LogP contribution in [0.25, 0.3) is 0 Å². The number of nitrogens with zero attached hydrogens (tertiary/aromatic N) is 1. The van der Waals surface area contributed by atoms with Crippen molar-refractivity contribution in [1.82, 2.24) is 4.90 Å². The SMILES string of the molecule is CN(CCc1ccccc1)C(=O)CCc1ccccc1C(=O)O. The summed E-state index contributed by atoms with van der Waals surface area (Å²) in [5.74, 6) is -0.924. The number of aryl methyl sites for hydroxylation is 1. The Hall–Kier alpha value is -2.62. The molecule has 4 nitrogen and oxygen atoms in total. The predicted octanol–water partition coefficient (Wildman–Crippen LogP) is 3.02. The molecule has 0 radical (unpaired) electrons. The number of aromatic carboxylic acids is 1. The second-order valence-electron chi connectivity index (χ2n) is 5.51. The third-order valence-corrected chi connectivity index (χ3v) is 3.86. The van der Waals surface area contributed by atoms with E-state index in [1.807, 2.05) is 30.3 Å². The van der Waals surface area contributed by atoms with E-state index in [-0.39, 0.29) is 11.5 Å². The van der Waals surface area contributed by atoms with Crippen molar-refractivity contribution in [2.75, 3.05) is 13.6 Å². The highest BCUT2D eigenvalue weighted by Gasteiger charge is 2.13. The Morgan fingerprint density at radius 1 is 0.957 bits per heavy atom. The normalized spacial score (nSPS) is 10.3. The van der Waals surface area contributed by atoms with Gasteiger partial charge < -0.3 is 10.0 Å². The van der Waals surface area contributed by atoms with Gasteiger partial charge in [-0.15, -0.1) is 0 Å². The lowest BCUT2D eigenvalue weighted by Gasteiger charge is -2.17. The Labute approximate surface area is 136 Å². The molecule has 120 valence electrons. The summed E-state index contributed by atoms with van der Waals surface area (Å²) in [6, 6.07) is 16.9. The minimum Gasteiger partial charge on any atom is -0.478 e. The molecule has 1 N–H and O–H groups in total. The number of hydrogen-bond acceptors (Lipinski definition) is 2. The number of rotatable bonds is 7. The van der Waals surface area contributed by atoms with Gasteiger partial charge in [0.05, 0.1) is 5.56 Å². The monoisotopic (exact) mass is 311 g/mol.